The Labute approximate surface area is 133 Å². The second-order valence-corrected chi connectivity index (χ2v) is 8.43. The molecule has 1 aliphatic rings. The molecule has 7 heteroatoms. The molecule has 2 N–H and O–H groups in total. The third-order valence-corrected chi connectivity index (χ3v) is 6.52. The van der Waals surface area contributed by atoms with Gasteiger partial charge >= 0.3 is 0 Å². The number of benzene rings is 1. The highest BCUT2D eigenvalue weighted by atomic mass is 79.9. The van der Waals surface area contributed by atoms with Crippen LogP contribution in [0.25, 0.3) is 0 Å². The topological polar surface area (TPSA) is 63.4 Å². The van der Waals surface area contributed by atoms with E-state index >= 15 is 0 Å². The van der Waals surface area contributed by atoms with Crippen molar-refractivity contribution < 1.29 is 8.42 Å². The van der Waals surface area contributed by atoms with Gasteiger partial charge < -0.3 is 5.73 Å². The lowest BCUT2D eigenvalue weighted by Gasteiger charge is -2.33. The number of nitrogens with zero attached hydrogens (tertiary/aromatic N) is 1. The summed E-state index contributed by atoms with van der Waals surface area (Å²) in [4.78, 5) is 0.152. The maximum atomic E-state index is 12.7. The van der Waals surface area contributed by atoms with Crippen LogP contribution in [0.5, 0.6) is 0 Å². The van der Waals surface area contributed by atoms with Crippen LogP contribution in [0.15, 0.2) is 27.6 Å². The highest BCUT2D eigenvalue weighted by molar-refractivity contribution is 9.10. The van der Waals surface area contributed by atoms with Crippen molar-refractivity contribution in [2.45, 2.75) is 30.7 Å². The molecule has 20 heavy (non-hydrogen) atoms. The second kappa shape index (κ2) is 6.32. The first-order chi connectivity index (χ1) is 9.32. The van der Waals surface area contributed by atoms with E-state index in [4.69, 9.17) is 17.3 Å². The molecule has 2 atom stereocenters. The summed E-state index contributed by atoms with van der Waals surface area (Å²) in [5, 5.41) is 0.246. The van der Waals surface area contributed by atoms with Crippen molar-refractivity contribution >= 4 is 37.6 Å². The van der Waals surface area contributed by atoms with Gasteiger partial charge in [0.15, 0.2) is 0 Å². The van der Waals surface area contributed by atoms with Crippen molar-refractivity contribution in [1.82, 2.24) is 4.31 Å². The molecule has 1 fully saturated rings. The third kappa shape index (κ3) is 3.36. The first-order valence-electron chi connectivity index (χ1n) is 6.53. The molecule has 1 saturated heterocycles. The van der Waals surface area contributed by atoms with Gasteiger partial charge in [0.1, 0.15) is 4.90 Å². The van der Waals surface area contributed by atoms with Crippen LogP contribution in [0.2, 0.25) is 5.02 Å². The van der Waals surface area contributed by atoms with Crippen molar-refractivity contribution in [3.05, 3.63) is 27.7 Å². The van der Waals surface area contributed by atoms with Crippen LogP contribution in [0.4, 0.5) is 0 Å². The monoisotopic (exact) mass is 380 g/mol. The normalized spacial score (nSPS) is 22.7. The molecule has 1 aliphatic heterocycles. The first-order valence-corrected chi connectivity index (χ1v) is 9.14. The second-order valence-electron chi connectivity index (χ2n) is 5.20. The molecular weight excluding hydrogens is 364 g/mol. The van der Waals surface area contributed by atoms with Gasteiger partial charge in [0.05, 0.1) is 5.02 Å². The summed E-state index contributed by atoms with van der Waals surface area (Å²) in [5.74, 6) is 0.199. The van der Waals surface area contributed by atoms with Gasteiger partial charge in [-0.05, 0) is 43.9 Å². The predicted molar refractivity (Wildman–Crippen MR) is 84.3 cm³/mol. The van der Waals surface area contributed by atoms with Gasteiger partial charge in [0, 0.05) is 23.6 Å². The average molecular weight is 382 g/mol. The molecule has 0 radical (unpaired) electrons. The quantitative estimate of drug-likeness (QED) is 0.875. The summed E-state index contributed by atoms with van der Waals surface area (Å²) < 4.78 is 27.6. The van der Waals surface area contributed by atoms with E-state index in [1.165, 1.54) is 4.31 Å². The summed E-state index contributed by atoms with van der Waals surface area (Å²) >= 11 is 9.33. The lowest BCUT2D eigenvalue weighted by atomic mass is 9.93. The molecule has 4 nitrogen and oxygen atoms in total. The number of hydrogen-bond donors (Lipinski definition) is 1. The fourth-order valence-corrected chi connectivity index (χ4v) is 4.98. The van der Waals surface area contributed by atoms with Gasteiger partial charge in [-0.2, -0.15) is 4.31 Å². The number of halogens is 2. The van der Waals surface area contributed by atoms with Crippen molar-refractivity contribution in [2.24, 2.45) is 11.7 Å². The summed E-state index contributed by atoms with van der Waals surface area (Å²) in [6.45, 7) is 2.91. The Morgan fingerprint density at radius 3 is 2.85 bits per heavy atom. The molecule has 1 aromatic carbocycles. The van der Waals surface area contributed by atoms with Crippen LogP contribution in [0.1, 0.15) is 19.8 Å². The molecule has 0 saturated carbocycles. The Hall–Kier alpha value is -0.140. The number of rotatable bonds is 3. The lowest BCUT2D eigenvalue weighted by Crippen LogP contribution is -2.45. The van der Waals surface area contributed by atoms with Crippen molar-refractivity contribution in [3.63, 3.8) is 0 Å². The molecule has 0 amide bonds. The Kier molecular flexibility index (Phi) is 5.13. The van der Waals surface area contributed by atoms with E-state index in [0.717, 1.165) is 12.8 Å². The Morgan fingerprint density at radius 1 is 1.50 bits per heavy atom. The summed E-state index contributed by atoms with van der Waals surface area (Å²) in [6, 6.07) is 4.85. The molecule has 1 aromatic rings. The van der Waals surface area contributed by atoms with Crippen LogP contribution in [-0.4, -0.2) is 31.9 Å². The number of hydrogen-bond acceptors (Lipinski definition) is 3. The Morgan fingerprint density at radius 2 is 2.20 bits per heavy atom. The average Bonchev–Trinajstić information content (AvgIpc) is 2.41. The molecular formula is C13H18BrClN2O2S. The standard InChI is InChI=1S/C13H18BrClN2O2S/c1-9(16)10-3-2-6-17(8-10)20(18,19)13-7-11(14)4-5-12(13)15/h4-5,7,9-10H,2-3,6,8,16H2,1H3/t9-,10+/m1/s1. The molecule has 1 heterocycles. The zero-order valence-electron chi connectivity index (χ0n) is 11.2. The lowest BCUT2D eigenvalue weighted by molar-refractivity contribution is 0.243. The molecule has 2 rings (SSSR count). The number of sulfonamides is 1. The van der Waals surface area contributed by atoms with E-state index in [1.807, 2.05) is 6.92 Å². The minimum Gasteiger partial charge on any atom is -0.328 e. The van der Waals surface area contributed by atoms with E-state index < -0.39 is 10.0 Å². The largest absolute Gasteiger partial charge is 0.328 e. The van der Waals surface area contributed by atoms with Gasteiger partial charge in [-0.15, -0.1) is 0 Å². The molecule has 0 aromatic heterocycles. The maximum Gasteiger partial charge on any atom is 0.244 e. The molecule has 0 spiro atoms. The molecule has 0 unspecified atom stereocenters. The zero-order valence-corrected chi connectivity index (χ0v) is 14.4. The maximum absolute atomic E-state index is 12.7. The molecule has 0 aliphatic carbocycles. The van der Waals surface area contributed by atoms with Gasteiger partial charge in [0.25, 0.3) is 0 Å². The van der Waals surface area contributed by atoms with Crippen molar-refractivity contribution in [2.75, 3.05) is 13.1 Å². The fourth-order valence-electron chi connectivity index (χ4n) is 2.44. The molecule has 0 bridgehead atoms. The Bertz CT molecular complexity index is 592. The smallest absolute Gasteiger partial charge is 0.244 e. The van der Waals surface area contributed by atoms with E-state index in [-0.39, 0.29) is 21.9 Å². The van der Waals surface area contributed by atoms with E-state index in [2.05, 4.69) is 15.9 Å². The van der Waals surface area contributed by atoms with Crippen LogP contribution in [0.3, 0.4) is 0 Å². The SMILES string of the molecule is C[C@@H](N)[C@H]1CCCN(S(=O)(=O)c2cc(Br)ccc2Cl)C1. The summed E-state index contributed by atoms with van der Waals surface area (Å²) in [5.41, 5.74) is 5.91. The summed E-state index contributed by atoms with van der Waals surface area (Å²) in [6.07, 6.45) is 1.80. The zero-order chi connectivity index (χ0) is 14.9. The highest BCUT2D eigenvalue weighted by Gasteiger charge is 2.32. The van der Waals surface area contributed by atoms with Crippen LogP contribution < -0.4 is 5.73 Å². The van der Waals surface area contributed by atoms with Crippen LogP contribution >= 0.6 is 27.5 Å². The summed E-state index contributed by atoms with van der Waals surface area (Å²) in [7, 11) is -3.57. The predicted octanol–water partition coefficient (Wildman–Crippen LogP) is 2.85. The number of piperidine rings is 1. The van der Waals surface area contributed by atoms with Crippen LogP contribution in [-0.2, 0) is 10.0 Å². The van der Waals surface area contributed by atoms with E-state index in [9.17, 15) is 8.42 Å². The third-order valence-electron chi connectivity index (χ3n) is 3.68. The van der Waals surface area contributed by atoms with Crippen LogP contribution in [0, 0.1) is 5.92 Å². The van der Waals surface area contributed by atoms with Gasteiger partial charge in [-0.3, -0.25) is 0 Å². The number of nitrogens with two attached hydrogens (primary N) is 1. The van der Waals surface area contributed by atoms with E-state index in [0.29, 0.717) is 17.6 Å². The minimum atomic E-state index is -3.57. The van der Waals surface area contributed by atoms with Gasteiger partial charge in [-0.25, -0.2) is 8.42 Å². The minimum absolute atomic E-state index is 0.00835. The molecule has 112 valence electrons. The van der Waals surface area contributed by atoms with E-state index in [1.54, 1.807) is 18.2 Å². The first kappa shape index (κ1) is 16.2. The van der Waals surface area contributed by atoms with Gasteiger partial charge in [0.2, 0.25) is 10.0 Å². The highest BCUT2D eigenvalue weighted by Crippen LogP contribution is 2.30. The Balaban J connectivity index is 2.32. The fraction of sp³-hybridized carbons (Fsp3) is 0.538. The van der Waals surface area contributed by atoms with Gasteiger partial charge in [-0.1, -0.05) is 27.5 Å². The van der Waals surface area contributed by atoms with Crippen molar-refractivity contribution in [1.29, 1.82) is 0 Å². The van der Waals surface area contributed by atoms with Crippen molar-refractivity contribution in [3.8, 4) is 0 Å².